The Bertz CT molecular complexity index is 426. The zero-order valence-electron chi connectivity index (χ0n) is 11.5. The number of fused-ring (bicyclic) bond motifs is 1. The predicted molar refractivity (Wildman–Crippen MR) is 71.8 cm³/mol. The first-order chi connectivity index (χ1) is 9.42. The van der Waals surface area contributed by atoms with Crippen LogP contribution in [0, 0.1) is 17.8 Å². The van der Waals surface area contributed by atoms with E-state index in [4.69, 9.17) is 4.52 Å². The van der Waals surface area contributed by atoms with Crippen molar-refractivity contribution >= 4 is 0 Å². The van der Waals surface area contributed by atoms with Crippen LogP contribution in [-0.2, 0) is 6.42 Å². The van der Waals surface area contributed by atoms with E-state index in [9.17, 15) is 0 Å². The van der Waals surface area contributed by atoms with Gasteiger partial charge in [-0.1, -0.05) is 18.0 Å². The monoisotopic (exact) mass is 261 g/mol. The van der Waals surface area contributed by atoms with Crippen LogP contribution in [0.15, 0.2) is 4.52 Å². The van der Waals surface area contributed by atoms with E-state index in [0.717, 1.165) is 36.5 Å². The minimum Gasteiger partial charge on any atom is -0.339 e. The van der Waals surface area contributed by atoms with Crippen LogP contribution in [-0.4, -0.2) is 23.2 Å². The molecule has 1 aromatic heterocycles. The van der Waals surface area contributed by atoms with Crippen molar-refractivity contribution in [1.82, 2.24) is 15.5 Å². The zero-order chi connectivity index (χ0) is 12.7. The van der Waals surface area contributed by atoms with E-state index in [2.05, 4.69) is 15.5 Å². The van der Waals surface area contributed by atoms with E-state index in [1.54, 1.807) is 0 Å². The third-order valence-electron chi connectivity index (χ3n) is 5.30. The first-order valence-corrected chi connectivity index (χ1v) is 7.95. The van der Waals surface area contributed by atoms with E-state index < -0.39 is 0 Å². The summed E-state index contributed by atoms with van der Waals surface area (Å²) in [5.74, 6) is 4.90. The van der Waals surface area contributed by atoms with Gasteiger partial charge in [0.15, 0.2) is 5.82 Å². The maximum Gasteiger partial charge on any atom is 0.230 e. The number of nitrogens with one attached hydrogen (secondary N) is 1. The van der Waals surface area contributed by atoms with Gasteiger partial charge in [0.25, 0.3) is 0 Å². The second-order valence-corrected chi connectivity index (χ2v) is 6.60. The fourth-order valence-electron chi connectivity index (χ4n) is 4.20. The van der Waals surface area contributed by atoms with Gasteiger partial charge in [-0.25, -0.2) is 0 Å². The molecule has 3 atom stereocenters. The summed E-state index contributed by atoms with van der Waals surface area (Å²) in [5, 5.41) is 7.67. The Hall–Kier alpha value is -0.900. The fraction of sp³-hybridized carbons (Fsp3) is 0.867. The highest BCUT2D eigenvalue weighted by Crippen LogP contribution is 2.60. The third kappa shape index (κ3) is 2.31. The van der Waals surface area contributed by atoms with Gasteiger partial charge in [0.2, 0.25) is 5.89 Å². The van der Waals surface area contributed by atoms with Gasteiger partial charge in [-0.05, 0) is 56.5 Å². The van der Waals surface area contributed by atoms with Gasteiger partial charge < -0.3 is 9.84 Å². The van der Waals surface area contributed by atoms with Crippen molar-refractivity contribution in [3.05, 3.63) is 11.7 Å². The zero-order valence-corrected chi connectivity index (χ0v) is 11.5. The molecule has 2 heterocycles. The van der Waals surface area contributed by atoms with E-state index in [-0.39, 0.29) is 0 Å². The van der Waals surface area contributed by atoms with Gasteiger partial charge in [0.1, 0.15) is 0 Å². The Labute approximate surface area is 114 Å². The van der Waals surface area contributed by atoms with Crippen molar-refractivity contribution < 1.29 is 4.52 Å². The molecule has 104 valence electrons. The summed E-state index contributed by atoms with van der Waals surface area (Å²) >= 11 is 0. The summed E-state index contributed by atoms with van der Waals surface area (Å²) in [6, 6.07) is 0. The summed E-state index contributed by atoms with van der Waals surface area (Å²) in [6.07, 6.45) is 9.10. The lowest BCUT2D eigenvalue weighted by Crippen LogP contribution is -2.31. The van der Waals surface area contributed by atoms with Crippen LogP contribution in [0.4, 0.5) is 0 Å². The number of rotatable bonds is 3. The number of nitrogens with zero attached hydrogens (tertiary/aromatic N) is 2. The van der Waals surface area contributed by atoms with E-state index in [0.29, 0.717) is 11.8 Å². The van der Waals surface area contributed by atoms with Crippen LogP contribution >= 0.6 is 0 Å². The summed E-state index contributed by atoms with van der Waals surface area (Å²) in [6.45, 7) is 2.28. The minimum atomic E-state index is 0.605. The predicted octanol–water partition coefficient (Wildman–Crippen LogP) is 2.52. The Kier molecular flexibility index (Phi) is 3.06. The number of hydrogen-bond donors (Lipinski definition) is 1. The highest BCUT2D eigenvalue weighted by Gasteiger charge is 2.54. The molecular weight excluding hydrogens is 238 g/mol. The van der Waals surface area contributed by atoms with Gasteiger partial charge >= 0.3 is 0 Å². The molecule has 4 heteroatoms. The molecule has 0 aromatic carbocycles. The van der Waals surface area contributed by atoms with Gasteiger partial charge in [0, 0.05) is 12.3 Å². The van der Waals surface area contributed by atoms with Crippen LogP contribution < -0.4 is 5.32 Å². The molecule has 1 aliphatic heterocycles. The second-order valence-electron chi connectivity index (χ2n) is 6.60. The summed E-state index contributed by atoms with van der Waals surface area (Å²) in [4.78, 5) is 4.68. The third-order valence-corrected chi connectivity index (χ3v) is 5.30. The molecule has 19 heavy (non-hydrogen) atoms. The maximum atomic E-state index is 5.54. The lowest BCUT2D eigenvalue weighted by Gasteiger charge is -2.20. The van der Waals surface area contributed by atoms with E-state index in [1.165, 1.54) is 45.1 Å². The second kappa shape index (κ2) is 4.89. The molecular formula is C15H23N3O. The highest BCUT2D eigenvalue weighted by molar-refractivity contribution is 5.14. The Balaban J connectivity index is 1.39. The average Bonchev–Trinajstić information content (AvgIpc) is 3.02. The molecule has 2 saturated carbocycles. The minimum absolute atomic E-state index is 0.605. The molecule has 4 rings (SSSR count). The standard InChI is InChI=1S/C15H23N3O/c1-2-6-12-11(5-1)14(12)15-17-13(18-19-15)8-10-4-3-7-16-9-10/h10-12,14,16H,1-9H2. The fourth-order valence-corrected chi connectivity index (χ4v) is 4.20. The largest absolute Gasteiger partial charge is 0.339 e. The lowest BCUT2D eigenvalue weighted by molar-refractivity contribution is 0.347. The van der Waals surface area contributed by atoms with Gasteiger partial charge in [-0.3, -0.25) is 0 Å². The summed E-state index contributed by atoms with van der Waals surface area (Å²) in [7, 11) is 0. The summed E-state index contributed by atoms with van der Waals surface area (Å²) in [5.41, 5.74) is 0. The Morgan fingerprint density at radius 3 is 2.68 bits per heavy atom. The van der Waals surface area contributed by atoms with Crippen molar-refractivity contribution in [2.45, 2.75) is 50.9 Å². The molecule has 0 radical (unpaired) electrons. The van der Waals surface area contributed by atoms with Gasteiger partial charge in [-0.2, -0.15) is 4.98 Å². The molecule has 1 aromatic rings. The Morgan fingerprint density at radius 2 is 1.95 bits per heavy atom. The maximum absolute atomic E-state index is 5.54. The molecule has 3 aliphatic rings. The van der Waals surface area contributed by atoms with E-state index in [1.807, 2.05) is 0 Å². The average molecular weight is 261 g/mol. The van der Waals surface area contributed by atoms with Crippen LogP contribution in [0.25, 0.3) is 0 Å². The molecule has 0 spiro atoms. The first kappa shape index (κ1) is 11.9. The highest BCUT2D eigenvalue weighted by atomic mass is 16.5. The van der Waals surface area contributed by atoms with Gasteiger partial charge in [-0.15, -0.1) is 0 Å². The molecule has 2 aliphatic carbocycles. The first-order valence-electron chi connectivity index (χ1n) is 7.95. The van der Waals surface area contributed by atoms with Crippen LogP contribution in [0.3, 0.4) is 0 Å². The molecule has 1 N–H and O–H groups in total. The smallest absolute Gasteiger partial charge is 0.230 e. The van der Waals surface area contributed by atoms with Crippen molar-refractivity contribution in [2.24, 2.45) is 17.8 Å². The molecule has 0 amide bonds. The molecule has 3 unspecified atom stereocenters. The van der Waals surface area contributed by atoms with Crippen LogP contribution in [0.1, 0.15) is 56.2 Å². The number of aromatic nitrogens is 2. The van der Waals surface area contributed by atoms with Crippen molar-refractivity contribution in [3.8, 4) is 0 Å². The lowest BCUT2D eigenvalue weighted by atomic mass is 9.96. The van der Waals surface area contributed by atoms with Crippen LogP contribution in [0.5, 0.6) is 0 Å². The number of hydrogen-bond acceptors (Lipinski definition) is 4. The molecule has 0 bridgehead atoms. The topological polar surface area (TPSA) is 51.0 Å². The van der Waals surface area contributed by atoms with E-state index >= 15 is 0 Å². The molecule has 3 fully saturated rings. The summed E-state index contributed by atoms with van der Waals surface area (Å²) < 4.78 is 5.54. The van der Waals surface area contributed by atoms with Gasteiger partial charge in [0.05, 0.1) is 0 Å². The van der Waals surface area contributed by atoms with Crippen molar-refractivity contribution in [1.29, 1.82) is 0 Å². The van der Waals surface area contributed by atoms with Crippen molar-refractivity contribution in [2.75, 3.05) is 13.1 Å². The quantitative estimate of drug-likeness (QED) is 0.908. The van der Waals surface area contributed by atoms with Crippen LogP contribution in [0.2, 0.25) is 0 Å². The number of piperidine rings is 1. The molecule has 4 nitrogen and oxygen atoms in total. The normalized spacial score (nSPS) is 37.9. The Morgan fingerprint density at radius 1 is 1.11 bits per heavy atom. The van der Waals surface area contributed by atoms with Crippen molar-refractivity contribution in [3.63, 3.8) is 0 Å². The molecule has 1 saturated heterocycles. The SMILES string of the molecule is C1CNCC(Cc2noc(C3C4CCCCC43)n2)C1.